The first-order valence-corrected chi connectivity index (χ1v) is 7.01. The number of nitrogens with zero attached hydrogens (tertiary/aromatic N) is 2. The molecule has 0 N–H and O–H groups in total. The van der Waals surface area contributed by atoms with Crippen LogP contribution < -0.4 is 0 Å². The van der Waals surface area contributed by atoms with E-state index < -0.39 is 0 Å². The average Bonchev–Trinajstić information content (AvgIpc) is 2.42. The number of carbonyl (C=O) groups is 2. The molecule has 3 heterocycles. The van der Waals surface area contributed by atoms with Crippen molar-refractivity contribution in [3.8, 4) is 0 Å². The quantitative estimate of drug-likeness (QED) is 0.565. The molecular formula is C15H20N2O2. The number of amides is 1. The summed E-state index contributed by atoms with van der Waals surface area (Å²) in [4.78, 5) is 27.2. The molecule has 0 aliphatic carbocycles. The number of piperidine rings is 2. The van der Waals surface area contributed by atoms with Crippen molar-refractivity contribution >= 4 is 12.2 Å². The third-order valence-corrected chi connectivity index (χ3v) is 4.79. The van der Waals surface area contributed by atoms with Crippen molar-refractivity contribution in [3.05, 3.63) is 24.9 Å². The molecule has 4 nitrogen and oxygen atoms in total. The number of ketones is 1. The van der Waals surface area contributed by atoms with Gasteiger partial charge in [-0.1, -0.05) is 6.08 Å². The molecule has 4 atom stereocenters. The second-order valence-electron chi connectivity index (χ2n) is 5.91. The number of fused-ring (bicyclic) bond motifs is 4. The highest BCUT2D eigenvalue weighted by atomic mass is 16.1. The Morgan fingerprint density at radius 2 is 2.26 bits per heavy atom. The van der Waals surface area contributed by atoms with E-state index in [9.17, 15) is 9.59 Å². The van der Waals surface area contributed by atoms with E-state index in [0.717, 1.165) is 32.3 Å². The zero-order valence-corrected chi connectivity index (χ0v) is 11.1. The summed E-state index contributed by atoms with van der Waals surface area (Å²) in [6.07, 6.45) is 9.05. The lowest BCUT2D eigenvalue weighted by Gasteiger charge is -2.54. The van der Waals surface area contributed by atoms with Gasteiger partial charge in [0.1, 0.15) is 0 Å². The summed E-state index contributed by atoms with van der Waals surface area (Å²) in [5.41, 5.74) is 0. The summed E-state index contributed by atoms with van der Waals surface area (Å²) in [5.74, 6) is 1.13. The van der Waals surface area contributed by atoms with E-state index in [4.69, 9.17) is 0 Å². The molecule has 0 aromatic rings. The highest BCUT2D eigenvalue weighted by Crippen LogP contribution is 2.40. The second kappa shape index (κ2) is 4.83. The lowest BCUT2D eigenvalue weighted by atomic mass is 9.72. The smallest absolute Gasteiger partial charge is 0.209 e. The third-order valence-electron chi connectivity index (χ3n) is 4.79. The fraction of sp³-hybridized carbons (Fsp3) is 0.600. The number of hydrogen-bond donors (Lipinski definition) is 0. The Bertz CT molecular complexity index is 430. The van der Waals surface area contributed by atoms with E-state index in [-0.39, 0.29) is 17.9 Å². The molecule has 0 aromatic carbocycles. The lowest BCUT2D eigenvalue weighted by Crippen LogP contribution is -2.61. The summed E-state index contributed by atoms with van der Waals surface area (Å²) < 4.78 is 0. The Kier molecular flexibility index (Phi) is 3.17. The number of carbonyl (C=O) groups excluding carboxylic acids is 2. The van der Waals surface area contributed by atoms with Crippen LogP contribution in [0.15, 0.2) is 24.9 Å². The summed E-state index contributed by atoms with van der Waals surface area (Å²) in [6, 6.07) is 0.472. The fourth-order valence-electron chi connectivity index (χ4n) is 4.02. The van der Waals surface area contributed by atoms with Crippen molar-refractivity contribution in [1.29, 1.82) is 0 Å². The first-order valence-electron chi connectivity index (χ1n) is 7.01. The number of likely N-dealkylation sites (tertiary alicyclic amines) is 1. The van der Waals surface area contributed by atoms with Crippen LogP contribution in [0.3, 0.4) is 0 Å². The first-order chi connectivity index (χ1) is 9.22. The molecule has 2 fully saturated rings. The molecule has 2 saturated heterocycles. The zero-order chi connectivity index (χ0) is 13.4. The van der Waals surface area contributed by atoms with E-state index in [2.05, 4.69) is 11.5 Å². The van der Waals surface area contributed by atoms with Crippen molar-refractivity contribution in [2.75, 3.05) is 13.1 Å². The standard InChI is InChI=1S/C15H20N2O2/c1-2-3-14-13-6-11(9-17(14)10-18)8-16-5-4-12(19)7-15(13)16/h2,4-5,10-11,13-15H,1,3,6-9H2/t11-,13+,14-,15+/m0/s1. The van der Waals surface area contributed by atoms with Gasteiger partial charge in [-0.2, -0.15) is 0 Å². The number of allylic oxidation sites excluding steroid dienone is 1. The van der Waals surface area contributed by atoms with Gasteiger partial charge in [0.15, 0.2) is 5.78 Å². The second-order valence-corrected chi connectivity index (χ2v) is 5.91. The van der Waals surface area contributed by atoms with E-state index in [1.807, 2.05) is 17.2 Å². The van der Waals surface area contributed by atoms with Gasteiger partial charge in [-0.05, 0) is 24.8 Å². The SMILES string of the molecule is C=CC[C@H]1[C@H]2C[C@@H](CN3C=CC(=O)C[C@H]23)CN1C=O. The molecule has 102 valence electrons. The first kappa shape index (κ1) is 12.5. The van der Waals surface area contributed by atoms with Crippen LogP contribution >= 0.6 is 0 Å². The maximum absolute atomic E-state index is 11.7. The topological polar surface area (TPSA) is 40.6 Å². The Morgan fingerprint density at radius 1 is 1.42 bits per heavy atom. The van der Waals surface area contributed by atoms with Crippen LogP contribution in [0.25, 0.3) is 0 Å². The molecule has 0 saturated carbocycles. The molecule has 0 spiro atoms. The van der Waals surface area contributed by atoms with Gasteiger partial charge < -0.3 is 9.80 Å². The lowest BCUT2D eigenvalue weighted by molar-refractivity contribution is -0.130. The maximum atomic E-state index is 11.7. The van der Waals surface area contributed by atoms with Gasteiger partial charge in [0.05, 0.1) is 0 Å². The molecule has 0 unspecified atom stereocenters. The zero-order valence-electron chi connectivity index (χ0n) is 11.1. The summed E-state index contributed by atoms with van der Waals surface area (Å²) >= 11 is 0. The van der Waals surface area contributed by atoms with Gasteiger partial charge in [0.25, 0.3) is 0 Å². The van der Waals surface area contributed by atoms with Crippen LogP contribution in [-0.4, -0.2) is 47.2 Å². The summed E-state index contributed by atoms with van der Waals surface area (Å²) in [7, 11) is 0. The molecule has 0 aromatic heterocycles. The Balaban J connectivity index is 1.89. The van der Waals surface area contributed by atoms with Crippen LogP contribution in [-0.2, 0) is 9.59 Å². The normalized spacial score (nSPS) is 36.9. The van der Waals surface area contributed by atoms with Crippen molar-refractivity contribution in [3.63, 3.8) is 0 Å². The van der Waals surface area contributed by atoms with Crippen LogP contribution in [0.4, 0.5) is 0 Å². The summed E-state index contributed by atoms with van der Waals surface area (Å²) in [5, 5.41) is 0. The van der Waals surface area contributed by atoms with Gasteiger partial charge in [-0.15, -0.1) is 6.58 Å². The fourth-order valence-corrected chi connectivity index (χ4v) is 4.02. The van der Waals surface area contributed by atoms with Crippen LogP contribution in [0, 0.1) is 11.8 Å². The highest BCUT2D eigenvalue weighted by Gasteiger charge is 2.46. The average molecular weight is 260 g/mol. The Hall–Kier alpha value is -1.58. The van der Waals surface area contributed by atoms with Crippen LogP contribution in [0.2, 0.25) is 0 Å². The van der Waals surface area contributed by atoms with Crippen molar-refractivity contribution in [2.24, 2.45) is 11.8 Å². The van der Waals surface area contributed by atoms with Crippen LogP contribution in [0.1, 0.15) is 19.3 Å². The van der Waals surface area contributed by atoms with Gasteiger partial charge in [0, 0.05) is 43.7 Å². The predicted molar refractivity (Wildman–Crippen MR) is 72.2 cm³/mol. The van der Waals surface area contributed by atoms with E-state index in [0.29, 0.717) is 18.3 Å². The number of rotatable bonds is 3. The third kappa shape index (κ3) is 2.09. The number of hydrogen-bond acceptors (Lipinski definition) is 3. The van der Waals surface area contributed by atoms with Crippen molar-refractivity contribution in [2.45, 2.75) is 31.3 Å². The molecule has 2 bridgehead atoms. The van der Waals surface area contributed by atoms with Crippen molar-refractivity contribution < 1.29 is 9.59 Å². The molecule has 3 aliphatic rings. The van der Waals surface area contributed by atoms with Gasteiger partial charge in [-0.3, -0.25) is 9.59 Å². The minimum atomic E-state index is 0.207. The minimum Gasteiger partial charge on any atom is -0.373 e. The summed E-state index contributed by atoms with van der Waals surface area (Å²) in [6.45, 7) is 5.62. The van der Waals surface area contributed by atoms with E-state index in [1.54, 1.807) is 6.08 Å². The molecule has 1 amide bonds. The highest BCUT2D eigenvalue weighted by molar-refractivity contribution is 5.90. The Morgan fingerprint density at radius 3 is 3.00 bits per heavy atom. The van der Waals surface area contributed by atoms with Gasteiger partial charge >= 0.3 is 0 Å². The minimum absolute atomic E-state index is 0.207. The molecule has 0 radical (unpaired) electrons. The molecule has 3 aliphatic heterocycles. The molecular weight excluding hydrogens is 240 g/mol. The van der Waals surface area contributed by atoms with Crippen molar-refractivity contribution in [1.82, 2.24) is 9.80 Å². The van der Waals surface area contributed by atoms with Gasteiger partial charge in [0.2, 0.25) is 6.41 Å². The molecule has 4 heteroatoms. The van der Waals surface area contributed by atoms with Crippen LogP contribution in [0.5, 0.6) is 0 Å². The van der Waals surface area contributed by atoms with E-state index >= 15 is 0 Å². The Labute approximate surface area is 113 Å². The molecule has 19 heavy (non-hydrogen) atoms. The van der Waals surface area contributed by atoms with E-state index in [1.165, 1.54) is 0 Å². The maximum Gasteiger partial charge on any atom is 0.209 e. The van der Waals surface area contributed by atoms with Gasteiger partial charge in [-0.25, -0.2) is 0 Å². The largest absolute Gasteiger partial charge is 0.373 e. The molecule has 3 rings (SSSR count). The predicted octanol–water partition coefficient (Wildman–Crippen LogP) is 1.20. The monoisotopic (exact) mass is 260 g/mol.